The number of piperazine rings is 1. The van der Waals surface area contributed by atoms with Crippen molar-refractivity contribution < 1.29 is 24.0 Å². The summed E-state index contributed by atoms with van der Waals surface area (Å²) in [5.41, 5.74) is 0.674. The Kier molecular flexibility index (Phi) is 10.0. The van der Waals surface area contributed by atoms with Crippen LogP contribution in [0.25, 0.3) is 0 Å². The van der Waals surface area contributed by atoms with Crippen LogP contribution in [0.15, 0.2) is 30.3 Å². The van der Waals surface area contributed by atoms with Crippen LogP contribution in [-0.4, -0.2) is 87.7 Å². The summed E-state index contributed by atoms with van der Waals surface area (Å²) in [5, 5.41) is 1.30. The molecule has 3 atom stereocenters. The zero-order valence-corrected chi connectivity index (χ0v) is 26.9. The number of carbonyl (C=O) groups excluding carboxylic acids is 3. The predicted molar refractivity (Wildman–Crippen MR) is 164 cm³/mol. The molecule has 1 aliphatic carbocycles. The number of carbonyl (C=O) groups is 3. The number of benzene rings is 1. The van der Waals surface area contributed by atoms with Crippen molar-refractivity contribution in [2.45, 2.75) is 129 Å². The number of amides is 3. The molecule has 0 radical (unpaired) electrons. The minimum atomic E-state index is -0.806. The van der Waals surface area contributed by atoms with Gasteiger partial charge in [-0.15, -0.1) is 0 Å². The summed E-state index contributed by atoms with van der Waals surface area (Å²) in [4.78, 5) is 54.8. The lowest BCUT2D eigenvalue weighted by Crippen LogP contribution is -2.75. The largest absolute Gasteiger partial charge is 0.443 e. The van der Waals surface area contributed by atoms with E-state index in [2.05, 4.69) is 39.5 Å². The van der Waals surface area contributed by atoms with Crippen LogP contribution in [0.5, 0.6) is 0 Å². The first-order valence-electron chi connectivity index (χ1n) is 16.5. The maximum Gasteiger partial charge on any atom is 0.436 e. The highest BCUT2D eigenvalue weighted by Crippen LogP contribution is 2.38. The number of hydrogen-bond donors (Lipinski definition) is 0. The third-order valence-corrected chi connectivity index (χ3v) is 9.76. The van der Waals surface area contributed by atoms with E-state index in [0.29, 0.717) is 24.8 Å². The third kappa shape index (κ3) is 7.54. The van der Waals surface area contributed by atoms with E-state index in [1.807, 2.05) is 35.2 Å². The van der Waals surface area contributed by atoms with Gasteiger partial charge in [-0.05, 0) is 56.4 Å². The van der Waals surface area contributed by atoms with Crippen molar-refractivity contribution in [3.05, 3.63) is 35.9 Å². The Balaban J connectivity index is 1.44. The monoisotopic (exact) mass is 596 g/mol. The molecule has 0 unspecified atom stereocenters. The van der Waals surface area contributed by atoms with Crippen molar-refractivity contribution in [2.75, 3.05) is 19.6 Å². The fourth-order valence-electron chi connectivity index (χ4n) is 7.40. The molecule has 3 amide bonds. The zero-order valence-electron chi connectivity index (χ0n) is 26.9. The third-order valence-electron chi connectivity index (χ3n) is 9.76. The van der Waals surface area contributed by atoms with Crippen LogP contribution >= 0.6 is 0 Å². The first kappa shape index (κ1) is 31.8. The van der Waals surface area contributed by atoms with Crippen molar-refractivity contribution in [1.82, 2.24) is 19.8 Å². The molecular formula is C34H52N4O5. The smallest absolute Gasteiger partial charge is 0.436 e. The Morgan fingerprint density at radius 2 is 1.65 bits per heavy atom. The average Bonchev–Trinajstić information content (AvgIpc) is 2.99. The van der Waals surface area contributed by atoms with E-state index in [1.165, 1.54) is 11.5 Å². The van der Waals surface area contributed by atoms with Gasteiger partial charge in [0, 0.05) is 25.2 Å². The lowest BCUT2D eigenvalue weighted by molar-refractivity contribution is -0.271. The second-order valence-corrected chi connectivity index (χ2v) is 14.6. The SMILES string of the molecule is CC(C)N1CCC(N2C[C@@H]3N(C(=O)OCc4ccccc4)O[C@H](CC4CCCCC4)C(=O)N3[C@@H](CC(C)(C)C)C2=O)CC1. The second kappa shape index (κ2) is 13.6. The molecule has 0 spiro atoms. The molecule has 4 fully saturated rings. The lowest BCUT2D eigenvalue weighted by atomic mass is 9.83. The molecule has 1 aromatic rings. The molecular weight excluding hydrogens is 544 g/mol. The second-order valence-electron chi connectivity index (χ2n) is 14.6. The van der Waals surface area contributed by atoms with Gasteiger partial charge in [0.1, 0.15) is 12.6 Å². The van der Waals surface area contributed by atoms with Crippen LogP contribution < -0.4 is 0 Å². The molecule has 1 saturated carbocycles. The molecule has 0 N–H and O–H groups in total. The van der Waals surface area contributed by atoms with E-state index in [-0.39, 0.29) is 36.4 Å². The van der Waals surface area contributed by atoms with Gasteiger partial charge < -0.3 is 19.4 Å². The minimum absolute atomic E-state index is 0.00144. The van der Waals surface area contributed by atoms with Crippen molar-refractivity contribution in [3.8, 4) is 0 Å². The van der Waals surface area contributed by atoms with Crippen molar-refractivity contribution in [3.63, 3.8) is 0 Å². The average molecular weight is 597 g/mol. The van der Waals surface area contributed by atoms with E-state index in [9.17, 15) is 14.4 Å². The highest BCUT2D eigenvalue weighted by atomic mass is 16.7. The van der Waals surface area contributed by atoms with Crippen molar-refractivity contribution in [2.24, 2.45) is 11.3 Å². The van der Waals surface area contributed by atoms with E-state index >= 15 is 0 Å². The normalized spacial score (nSPS) is 26.7. The Morgan fingerprint density at radius 3 is 2.28 bits per heavy atom. The summed E-state index contributed by atoms with van der Waals surface area (Å²) >= 11 is 0. The standard InChI is InChI=1S/C34H52N4O5/c1-24(2)35-18-16-27(17-19-35)36-22-30-37(28(31(36)39)21-34(3,4)5)32(40)29(20-25-12-8-6-9-13-25)43-38(30)33(41)42-23-26-14-10-7-11-15-26/h7,10-11,14-15,24-25,27-30H,6,8-9,12-13,16-23H2,1-5H3/t28-,29+,30-/m0/s1. The van der Waals surface area contributed by atoms with E-state index in [1.54, 1.807) is 4.90 Å². The topological polar surface area (TPSA) is 82.6 Å². The number of hydroxylamine groups is 2. The summed E-state index contributed by atoms with van der Waals surface area (Å²) in [6.45, 7) is 12.9. The highest BCUT2D eigenvalue weighted by molar-refractivity contribution is 5.92. The fraction of sp³-hybridized carbons (Fsp3) is 0.735. The molecule has 3 heterocycles. The summed E-state index contributed by atoms with van der Waals surface area (Å²) in [5.74, 6) is 0.198. The molecule has 9 heteroatoms. The minimum Gasteiger partial charge on any atom is -0.443 e. The van der Waals surface area contributed by atoms with E-state index in [0.717, 1.165) is 57.2 Å². The molecule has 9 nitrogen and oxygen atoms in total. The molecule has 238 valence electrons. The van der Waals surface area contributed by atoms with Crippen LogP contribution in [0, 0.1) is 11.3 Å². The Hall–Kier alpha value is -2.65. The van der Waals surface area contributed by atoms with Gasteiger partial charge in [-0.2, -0.15) is 5.06 Å². The van der Waals surface area contributed by atoms with Crippen molar-refractivity contribution >= 4 is 17.9 Å². The maximum absolute atomic E-state index is 14.3. The highest BCUT2D eigenvalue weighted by Gasteiger charge is 2.55. The molecule has 0 aromatic heterocycles. The number of fused-ring (bicyclic) bond motifs is 1. The van der Waals surface area contributed by atoms with Crippen LogP contribution in [0.3, 0.4) is 0 Å². The molecule has 3 saturated heterocycles. The Bertz CT molecular complexity index is 1110. The predicted octanol–water partition coefficient (Wildman–Crippen LogP) is 5.58. The number of likely N-dealkylation sites (tertiary alicyclic amines) is 1. The lowest BCUT2D eigenvalue weighted by Gasteiger charge is -2.55. The fourth-order valence-corrected chi connectivity index (χ4v) is 7.40. The Morgan fingerprint density at radius 1 is 0.977 bits per heavy atom. The van der Waals surface area contributed by atoms with Gasteiger partial charge in [-0.1, -0.05) is 83.2 Å². The summed E-state index contributed by atoms with van der Waals surface area (Å²) < 4.78 is 5.79. The molecule has 43 heavy (non-hydrogen) atoms. The molecule has 0 bridgehead atoms. The summed E-state index contributed by atoms with van der Waals surface area (Å²) in [6.07, 6.45) is 6.29. The van der Waals surface area contributed by atoms with Crippen LogP contribution in [-0.2, 0) is 25.8 Å². The first-order valence-corrected chi connectivity index (χ1v) is 16.5. The van der Waals surface area contributed by atoms with Gasteiger partial charge in [-0.25, -0.2) is 4.79 Å². The van der Waals surface area contributed by atoms with Gasteiger partial charge in [0.05, 0.1) is 6.54 Å². The Labute approximate surface area is 257 Å². The molecule has 1 aromatic carbocycles. The van der Waals surface area contributed by atoms with Gasteiger partial charge in [-0.3, -0.25) is 14.4 Å². The van der Waals surface area contributed by atoms with Crippen LogP contribution in [0.1, 0.15) is 98.0 Å². The van der Waals surface area contributed by atoms with Crippen molar-refractivity contribution in [1.29, 1.82) is 0 Å². The molecule has 4 aliphatic rings. The number of hydrogen-bond acceptors (Lipinski definition) is 6. The van der Waals surface area contributed by atoms with Crippen LogP contribution in [0.4, 0.5) is 4.79 Å². The summed E-state index contributed by atoms with van der Waals surface area (Å²) in [7, 11) is 0. The number of piperidine rings is 1. The number of rotatable bonds is 7. The van der Waals surface area contributed by atoms with E-state index in [4.69, 9.17) is 9.57 Å². The zero-order chi connectivity index (χ0) is 30.7. The maximum atomic E-state index is 14.3. The van der Waals surface area contributed by atoms with Gasteiger partial charge in [0.25, 0.3) is 5.91 Å². The summed E-state index contributed by atoms with van der Waals surface area (Å²) in [6, 6.07) is 9.43. The van der Waals surface area contributed by atoms with Gasteiger partial charge in [0.2, 0.25) is 5.91 Å². The van der Waals surface area contributed by atoms with E-state index < -0.39 is 24.4 Å². The molecule has 5 rings (SSSR count). The van der Waals surface area contributed by atoms with Crippen LogP contribution in [0.2, 0.25) is 0 Å². The number of ether oxygens (including phenoxy) is 1. The quantitative estimate of drug-likeness (QED) is 0.409. The van der Waals surface area contributed by atoms with Gasteiger partial charge >= 0.3 is 6.09 Å². The molecule has 3 aliphatic heterocycles. The van der Waals surface area contributed by atoms with Gasteiger partial charge in [0.15, 0.2) is 12.3 Å². The number of nitrogens with zero attached hydrogens (tertiary/aromatic N) is 4. The first-order chi connectivity index (χ1) is 20.5.